The molecule has 2 rings (SSSR count). The van der Waals surface area contributed by atoms with Crippen LogP contribution in [0.25, 0.3) is 10.9 Å². The molecule has 0 aliphatic heterocycles. The van der Waals surface area contributed by atoms with E-state index in [1.54, 1.807) is 0 Å². The molecule has 1 aromatic heterocycles. The highest BCUT2D eigenvalue weighted by molar-refractivity contribution is 5.84. The molecule has 2 aromatic rings. The fraction of sp³-hybridized carbons (Fsp3) is 0.333. The summed E-state index contributed by atoms with van der Waals surface area (Å²) in [5, 5.41) is 10.1. The first-order chi connectivity index (χ1) is 6.72. The van der Waals surface area contributed by atoms with Gasteiger partial charge in [0.1, 0.15) is 0 Å². The molecular weight excluding hydrogens is 174 g/mol. The minimum Gasteiger partial charge on any atom is -0.396 e. The van der Waals surface area contributed by atoms with E-state index in [0.29, 0.717) is 6.42 Å². The number of fused-ring (bicyclic) bond motifs is 1. The summed E-state index contributed by atoms with van der Waals surface area (Å²) in [6.07, 6.45) is 0.694. The fourth-order valence-electron chi connectivity index (χ4n) is 1.79. The Morgan fingerprint density at radius 2 is 2.21 bits per heavy atom. The van der Waals surface area contributed by atoms with Gasteiger partial charge in [-0.1, -0.05) is 0 Å². The number of H-pyrrole nitrogens is 1. The molecule has 14 heavy (non-hydrogen) atoms. The summed E-state index contributed by atoms with van der Waals surface area (Å²) in [6.45, 7) is 4.32. The van der Waals surface area contributed by atoms with Crippen LogP contribution in [0.1, 0.15) is 16.8 Å². The second-order valence-corrected chi connectivity index (χ2v) is 3.65. The zero-order chi connectivity index (χ0) is 10.1. The highest BCUT2D eigenvalue weighted by atomic mass is 16.3. The number of hydrogen-bond acceptors (Lipinski definition) is 1. The highest BCUT2D eigenvalue weighted by Gasteiger charge is 2.06. The van der Waals surface area contributed by atoms with E-state index in [-0.39, 0.29) is 6.61 Å². The van der Waals surface area contributed by atoms with Crippen molar-refractivity contribution in [3.8, 4) is 0 Å². The first kappa shape index (κ1) is 9.28. The third kappa shape index (κ3) is 1.42. The van der Waals surface area contributed by atoms with Crippen LogP contribution < -0.4 is 0 Å². The Hall–Kier alpha value is -1.28. The van der Waals surface area contributed by atoms with Crippen molar-refractivity contribution in [3.63, 3.8) is 0 Å². The SMILES string of the molecule is Cc1[c]cc2[nH]c(CCO)c(C)c2c1. The lowest BCUT2D eigenvalue weighted by atomic mass is 10.1. The molecule has 0 aliphatic rings. The van der Waals surface area contributed by atoms with Crippen LogP contribution in [0.2, 0.25) is 0 Å². The lowest BCUT2D eigenvalue weighted by Gasteiger charge is -1.95. The molecule has 73 valence electrons. The Labute approximate surface area is 83.6 Å². The van der Waals surface area contributed by atoms with E-state index in [1.165, 1.54) is 10.9 Å². The molecule has 0 unspecified atom stereocenters. The molecule has 0 saturated heterocycles. The van der Waals surface area contributed by atoms with E-state index < -0.39 is 0 Å². The predicted molar refractivity (Wildman–Crippen MR) is 57.4 cm³/mol. The molecule has 0 saturated carbocycles. The van der Waals surface area contributed by atoms with Crippen molar-refractivity contribution in [1.29, 1.82) is 0 Å². The molecule has 1 heterocycles. The van der Waals surface area contributed by atoms with Crippen LogP contribution in [0.3, 0.4) is 0 Å². The number of aromatic nitrogens is 1. The van der Waals surface area contributed by atoms with E-state index in [2.05, 4.69) is 24.0 Å². The normalized spacial score (nSPS) is 11.1. The van der Waals surface area contributed by atoms with Crippen molar-refractivity contribution in [2.45, 2.75) is 20.3 Å². The van der Waals surface area contributed by atoms with E-state index in [4.69, 9.17) is 5.11 Å². The zero-order valence-electron chi connectivity index (χ0n) is 8.52. The maximum Gasteiger partial charge on any atom is 0.0485 e. The predicted octanol–water partition coefficient (Wildman–Crippen LogP) is 2.12. The van der Waals surface area contributed by atoms with E-state index in [0.717, 1.165) is 16.8 Å². The van der Waals surface area contributed by atoms with Gasteiger partial charge in [0, 0.05) is 29.6 Å². The van der Waals surface area contributed by atoms with Gasteiger partial charge in [0.15, 0.2) is 0 Å². The molecule has 2 heteroatoms. The van der Waals surface area contributed by atoms with Gasteiger partial charge < -0.3 is 10.1 Å². The second-order valence-electron chi connectivity index (χ2n) is 3.65. The molecule has 0 spiro atoms. The van der Waals surface area contributed by atoms with Crippen molar-refractivity contribution >= 4 is 10.9 Å². The summed E-state index contributed by atoms with van der Waals surface area (Å²) in [4.78, 5) is 3.30. The summed E-state index contributed by atoms with van der Waals surface area (Å²) < 4.78 is 0. The summed E-state index contributed by atoms with van der Waals surface area (Å²) in [6, 6.07) is 7.26. The average Bonchev–Trinajstić information content (AvgIpc) is 2.46. The van der Waals surface area contributed by atoms with Gasteiger partial charge in [-0.2, -0.15) is 0 Å². The Kier molecular flexibility index (Phi) is 2.30. The standard InChI is InChI=1S/C12H14NO/c1-8-3-4-12-10(7-8)9(2)11(13-12)5-6-14/h4,7,13-14H,5-6H2,1-2H3. The zero-order valence-corrected chi connectivity index (χ0v) is 8.52. The van der Waals surface area contributed by atoms with Gasteiger partial charge in [0.05, 0.1) is 0 Å². The molecule has 2 nitrogen and oxygen atoms in total. The summed E-state index contributed by atoms with van der Waals surface area (Å²) in [7, 11) is 0. The maximum absolute atomic E-state index is 8.90. The lowest BCUT2D eigenvalue weighted by Crippen LogP contribution is -1.92. The quantitative estimate of drug-likeness (QED) is 0.744. The van der Waals surface area contributed by atoms with E-state index >= 15 is 0 Å². The van der Waals surface area contributed by atoms with Crippen LogP contribution in [0, 0.1) is 19.9 Å². The van der Waals surface area contributed by atoms with Gasteiger partial charge >= 0.3 is 0 Å². The number of benzene rings is 1. The second kappa shape index (κ2) is 3.46. The molecule has 0 amide bonds. The number of hydrogen-bond donors (Lipinski definition) is 2. The minimum atomic E-state index is 0.191. The number of rotatable bonds is 2. The number of aryl methyl sites for hydroxylation is 2. The Bertz CT molecular complexity index is 457. The molecule has 2 N–H and O–H groups in total. The van der Waals surface area contributed by atoms with Crippen molar-refractivity contribution in [3.05, 3.63) is 35.0 Å². The highest BCUT2D eigenvalue weighted by Crippen LogP contribution is 2.22. The van der Waals surface area contributed by atoms with E-state index in [1.807, 2.05) is 13.0 Å². The van der Waals surface area contributed by atoms with Crippen molar-refractivity contribution in [2.75, 3.05) is 6.61 Å². The topological polar surface area (TPSA) is 36.0 Å². The Balaban J connectivity index is 2.62. The fourth-order valence-corrected chi connectivity index (χ4v) is 1.79. The average molecular weight is 188 g/mol. The number of aliphatic hydroxyl groups excluding tert-OH is 1. The summed E-state index contributed by atoms with van der Waals surface area (Å²) in [5.74, 6) is 0. The molecule has 0 aliphatic carbocycles. The van der Waals surface area contributed by atoms with Gasteiger partial charge in [-0.3, -0.25) is 0 Å². The molecule has 1 aromatic carbocycles. The first-order valence-corrected chi connectivity index (χ1v) is 4.82. The molecule has 0 atom stereocenters. The third-order valence-corrected chi connectivity index (χ3v) is 2.60. The van der Waals surface area contributed by atoms with E-state index in [9.17, 15) is 0 Å². The van der Waals surface area contributed by atoms with Crippen LogP contribution in [-0.4, -0.2) is 16.7 Å². The summed E-state index contributed by atoms with van der Waals surface area (Å²) in [5.41, 5.74) is 4.62. The monoisotopic (exact) mass is 188 g/mol. The van der Waals surface area contributed by atoms with Crippen LogP contribution in [0.15, 0.2) is 12.1 Å². The van der Waals surface area contributed by atoms with Gasteiger partial charge in [0.25, 0.3) is 0 Å². The first-order valence-electron chi connectivity index (χ1n) is 4.82. The van der Waals surface area contributed by atoms with Crippen LogP contribution in [-0.2, 0) is 6.42 Å². The Morgan fingerprint density at radius 1 is 1.43 bits per heavy atom. The molecule has 0 bridgehead atoms. The van der Waals surface area contributed by atoms with Crippen LogP contribution >= 0.6 is 0 Å². The molecule has 0 fully saturated rings. The van der Waals surface area contributed by atoms with Crippen molar-refractivity contribution < 1.29 is 5.11 Å². The minimum absolute atomic E-state index is 0.191. The molecular formula is C12H14NO. The number of aliphatic hydroxyl groups is 1. The molecule has 1 radical (unpaired) electrons. The van der Waals surface area contributed by atoms with Gasteiger partial charge in [-0.25, -0.2) is 0 Å². The van der Waals surface area contributed by atoms with Crippen LogP contribution in [0.5, 0.6) is 0 Å². The lowest BCUT2D eigenvalue weighted by molar-refractivity contribution is 0.298. The largest absolute Gasteiger partial charge is 0.396 e. The Morgan fingerprint density at radius 3 is 2.93 bits per heavy atom. The van der Waals surface area contributed by atoms with Crippen molar-refractivity contribution in [1.82, 2.24) is 4.98 Å². The third-order valence-electron chi connectivity index (χ3n) is 2.60. The van der Waals surface area contributed by atoms with Crippen LogP contribution in [0.4, 0.5) is 0 Å². The van der Waals surface area contributed by atoms with Gasteiger partial charge in [-0.15, -0.1) is 0 Å². The van der Waals surface area contributed by atoms with Gasteiger partial charge in [-0.05, 0) is 43.2 Å². The number of nitrogens with one attached hydrogen (secondary N) is 1. The number of aromatic amines is 1. The van der Waals surface area contributed by atoms with Crippen molar-refractivity contribution in [2.24, 2.45) is 0 Å². The smallest absolute Gasteiger partial charge is 0.0485 e. The summed E-state index contributed by atoms with van der Waals surface area (Å²) >= 11 is 0. The maximum atomic E-state index is 8.90. The van der Waals surface area contributed by atoms with Gasteiger partial charge in [0.2, 0.25) is 0 Å².